The van der Waals surface area contributed by atoms with E-state index in [4.69, 9.17) is 0 Å². The standard InChI is InChI=1S/C16H15NO3/c1-10-6-8-12(9-7-10)15(18)17-14-5-3-4-13(11(14)2)16(19)20/h3-9H,1-2H3,(H,17,18)(H,19,20)/p-1. The Balaban J connectivity index is 2.26. The van der Waals surface area contributed by atoms with E-state index >= 15 is 0 Å². The van der Waals surface area contributed by atoms with Crippen LogP contribution < -0.4 is 10.4 Å². The van der Waals surface area contributed by atoms with Crippen molar-refractivity contribution in [2.45, 2.75) is 13.8 Å². The van der Waals surface area contributed by atoms with Crippen LogP contribution in [0, 0.1) is 13.8 Å². The Morgan fingerprint density at radius 1 is 1.00 bits per heavy atom. The van der Waals surface area contributed by atoms with Gasteiger partial charge in [0.2, 0.25) is 0 Å². The fourth-order valence-electron chi connectivity index (χ4n) is 1.89. The third kappa shape index (κ3) is 2.85. The van der Waals surface area contributed by atoms with E-state index in [0.717, 1.165) is 5.56 Å². The van der Waals surface area contributed by atoms with Crippen molar-refractivity contribution in [3.63, 3.8) is 0 Å². The fourth-order valence-corrected chi connectivity index (χ4v) is 1.89. The minimum atomic E-state index is -1.26. The van der Waals surface area contributed by atoms with Gasteiger partial charge in [0, 0.05) is 16.8 Å². The number of amides is 1. The lowest BCUT2D eigenvalue weighted by Gasteiger charge is -2.13. The number of carboxylic acids is 1. The van der Waals surface area contributed by atoms with E-state index in [1.807, 2.05) is 19.1 Å². The molecule has 2 aromatic rings. The lowest BCUT2D eigenvalue weighted by atomic mass is 10.1. The van der Waals surface area contributed by atoms with E-state index in [1.54, 1.807) is 31.2 Å². The molecule has 20 heavy (non-hydrogen) atoms. The van der Waals surface area contributed by atoms with Crippen molar-refractivity contribution >= 4 is 17.6 Å². The van der Waals surface area contributed by atoms with Crippen molar-refractivity contribution in [2.75, 3.05) is 5.32 Å². The minimum absolute atomic E-state index is 0.0757. The highest BCUT2D eigenvalue weighted by atomic mass is 16.4. The Hall–Kier alpha value is -2.62. The number of nitrogens with one attached hydrogen (secondary N) is 1. The maximum atomic E-state index is 12.1. The third-order valence-electron chi connectivity index (χ3n) is 3.12. The van der Waals surface area contributed by atoms with Crippen LogP contribution in [0.25, 0.3) is 0 Å². The zero-order valence-corrected chi connectivity index (χ0v) is 11.3. The number of hydrogen-bond donors (Lipinski definition) is 1. The van der Waals surface area contributed by atoms with Gasteiger partial charge in [-0.1, -0.05) is 29.8 Å². The first-order valence-corrected chi connectivity index (χ1v) is 6.18. The van der Waals surface area contributed by atoms with E-state index in [2.05, 4.69) is 5.32 Å². The molecule has 0 saturated heterocycles. The molecule has 0 radical (unpaired) electrons. The Morgan fingerprint density at radius 2 is 1.65 bits per heavy atom. The van der Waals surface area contributed by atoms with E-state index in [1.165, 1.54) is 6.07 Å². The third-order valence-corrected chi connectivity index (χ3v) is 3.12. The van der Waals surface area contributed by atoms with Gasteiger partial charge in [0.15, 0.2) is 0 Å². The quantitative estimate of drug-likeness (QED) is 0.924. The lowest BCUT2D eigenvalue weighted by molar-refractivity contribution is -0.255. The second-order valence-electron chi connectivity index (χ2n) is 4.59. The van der Waals surface area contributed by atoms with E-state index in [0.29, 0.717) is 16.8 Å². The summed E-state index contributed by atoms with van der Waals surface area (Å²) in [6, 6.07) is 11.8. The number of hydrogen-bond acceptors (Lipinski definition) is 3. The number of aryl methyl sites for hydroxylation is 1. The summed E-state index contributed by atoms with van der Waals surface area (Å²) in [4.78, 5) is 23.0. The maximum Gasteiger partial charge on any atom is 0.255 e. The predicted molar refractivity (Wildman–Crippen MR) is 74.6 cm³/mol. The highest BCUT2D eigenvalue weighted by molar-refractivity contribution is 6.05. The van der Waals surface area contributed by atoms with Crippen LogP contribution in [0.3, 0.4) is 0 Å². The molecule has 2 rings (SSSR count). The monoisotopic (exact) mass is 268 g/mol. The topological polar surface area (TPSA) is 69.2 Å². The summed E-state index contributed by atoms with van der Waals surface area (Å²) in [6.45, 7) is 3.57. The molecule has 0 fully saturated rings. The van der Waals surface area contributed by atoms with Gasteiger partial charge in [-0.05, 0) is 37.6 Å². The molecule has 1 amide bonds. The normalized spacial score (nSPS) is 10.1. The first kappa shape index (κ1) is 13.8. The number of benzene rings is 2. The summed E-state index contributed by atoms with van der Waals surface area (Å²) in [6.07, 6.45) is 0. The zero-order chi connectivity index (χ0) is 14.7. The average molecular weight is 268 g/mol. The molecular weight excluding hydrogens is 254 g/mol. The lowest BCUT2D eigenvalue weighted by Crippen LogP contribution is -2.24. The van der Waals surface area contributed by atoms with Crippen LogP contribution in [0.5, 0.6) is 0 Å². The summed E-state index contributed by atoms with van der Waals surface area (Å²) in [5.74, 6) is -1.53. The van der Waals surface area contributed by atoms with Crippen molar-refractivity contribution in [1.82, 2.24) is 0 Å². The molecule has 1 N–H and O–H groups in total. The molecule has 102 valence electrons. The van der Waals surface area contributed by atoms with Gasteiger partial charge >= 0.3 is 0 Å². The molecule has 0 aromatic heterocycles. The first-order chi connectivity index (χ1) is 9.49. The summed E-state index contributed by atoms with van der Waals surface area (Å²) in [7, 11) is 0. The molecule has 0 unspecified atom stereocenters. The number of rotatable bonds is 3. The van der Waals surface area contributed by atoms with Gasteiger partial charge in [-0.15, -0.1) is 0 Å². The molecule has 0 aliphatic rings. The number of anilines is 1. The smallest absolute Gasteiger partial charge is 0.255 e. The van der Waals surface area contributed by atoms with Gasteiger partial charge in [-0.2, -0.15) is 0 Å². The minimum Gasteiger partial charge on any atom is -0.545 e. The summed E-state index contributed by atoms with van der Waals surface area (Å²) in [5, 5.41) is 13.7. The Bertz CT molecular complexity index is 660. The van der Waals surface area contributed by atoms with E-state index in [9.17, 15) is 14.7 Å². The van der Waals surface area contributed by atoms with Crippen LogP contribution in [0.2, 0.25) is 0 Å². The van der Waals surface area contributed by atoms with Crippen molar-refractivity contribution in [3.05, 3.63) is 64.7 Å². The Morgan fingerprint density at radius 3 is 2.25 bits per heavy atom. The molecule has 4 nitrogen and oxygen atoms in total. The van der Waals surface area contributed by atoms with Crippen LogP contribution in [-0.2, 0) is 0 Å². The van der Waals surface area contributed by atoms with E-state index in [-0.39, 0.29) is 11.5 Å². The molecule has 0 saturated carbocycles. The number of aromatic carboxylic acids is 1. The summed E-state index contributed by atoms with van der Waals surface area (Å²) >= 11 is 0. The summed E-state index contributed by atoms with van der Waals surface area (Å²) < 4.78 is 0. The van der Waals surface area contributed by atoms with Gasteiger partial charge in [0.1, 0.15) is 0 Å². The largest absolute Gasteiger partial charge is 0.545 e. The number of carboxylic acid groups (broad SMARTS) is 1. The van der Waals surface area contributed by atoms with Crippen LogP contribution in [0.15, 0.2) is 42.5 Å². The van der Waals surface area contributed by atoms with Crippen LogP contribution in [0.1, 0.15) is 31.8 Å². The highest BCUT2D eigenvalue weighted by Crippen LogP contribution is 2.19. The van der Waals surface area contributed by atoms with Gasteiger partial charge in [-0.3, -0.25) is 4.79 Å². The van der Waals surface area contributed by atoms with Gasteiger partial charge in [0.25, 0.3) is 5.91 Å². The Kier molecular flexibility index (Phi) is 3.84. The predicted octanol–water partition coefficient (Wildman–Crippen LogP) is 1.92. The van der Waals surface area contributed by atoms with Crippen molar-refractivity contribution in [1.29, 1.82) is 0 Å². The van der Waals surface area contributed by atoms with Crippen molar-refractivity contribution < 1.29 is 14.7 Å². The molecular formula is C16H14NO3-. The van der Waals surface area contributed by atoms with Crippen LogP contribution in [-0.4, -0.2) is 11.9 Å². The number of carbonyl (C=O) groups excluding carboxylic acids is 2. The van der Waals surface area contributed by atoms with E-state index < -0.39 is 5.97 Å². The SMILES string of the molecule is Cc1ccc(C(=O)Nc2cccc(C(=O)[O-])c2C)cc1. The molecule has 0 bridgehead atoms. The van der Waals surface area contributed by atoms with Crippen LogP contribution in [0.4, 0.5) is 5.69 Å². The molecule has 0 aliphatic heterocycles. The molecule has 0 spiro atoms. The summed E-state index contributed by atoms with van der Waals surface area (Å²) in [5.41, 5.74) is 2.61. The van der Waals surface area contributed by atoms with Gasteiger partial charge < -0.3 is 15.2 Å². The first-order valence-electron chi connectivity index (χ1n) is 6.18. The van der Waals surface area contributed by atoms with Crippen molar-refractivity contribution in [2.24, 2.45) is 0 Å². The Labute approximate surface area is 117 Å². The number of carbonyl (C=O) groups is 2. The second-order valence-corrected chi connectivity index (χ2v) is 4.59. The molecule has 4 heteroatoms. The molecule has 0 aliphatic carbocycles. The fraction of sp³-hybridized carbons (Fsp3) is 0.125. The molecule has 0 atom stereocenters. The van der Waals surface area contributed by atoms with Crippen molar-refractivity contribution in [3.8, 4) is 0 Å². The highest BCUT2D eigenvalue weighted by Gasteiger charge is 2.09. The molecule has 2 aromatic carbocycles. The average Bonchev–Trinajstić information content (AvgIpc) is 2.41. The zero-order valence-electron chi connectivity index (χ0n) is 11.3. The van der Waals surface area contributed by atoms with Crippen LogP contribution >= 0.6 is 0 Å². The maximum absolute atomic E-state index is 12.1. The molecule has 0 heterocycles. The second kappa shape index (κ2) is 5.57. The van der Waals surface area contributed by atoms with Gasteiger partial charge in [0.05, 0.1) is 5.97 Å². The van der Waals surface area contributed by atoms with Gasteiger partial charge in [-0.25, -0.2) is 0 Å².